The van der Waals surface area contributed by atoms with E-state index in [1.165, 1.54) is 23.1 Å². The van der Waals surface area contributed by atoms with E-state index in [0.29, 0.717) is 21.4 Å². The number of rotatable bonds is 8. The van der Waals surface area contributed by atoms with Crippen molar-refractivity contribution in [1.82, 2.24) is 4.98 Å². The number of carbonyl (C=O) groups is 2. The van der Waals surface area contributed by atoms with Crippen molar-refractivity contribution in [3.63, 3.8) is 0 Å². The van der Waals surface area contributed by atoms with Gasteiger partial charge in [0.1, 0.15) is 5.25 Å². The Morgan fingerprint density at radius 1 is 0.846 bits per heavy atom. The number of thioether (sulfide) groups is 1. The summed E-state index contributed by atoms with van der Waals surface area (Å²) in [5.74, 6) is -0.432. The highest BCUT2D eigenvalue weighted by Crippen LogP contribution is 2.38. The number of amides is 2. The van der Waals surface area contributed by atoms with Crippen LogP contribution in [-0.2, 0) is 4.79 Å². The zero-order valence-electron chi connectivity index (χ0n) is 20.9. The van der Waals surface area contributed by atoms with Gasteiger partial charge in [0.25, 0.3) is 5.91 Å². The van der Waals surface area contributed by atoms with Crippen LogP contribution in [0.4, 0.5) is 10.8 Å². The highest BCUT2D eigenvalue weighted by Gasteiger charge is 2.24. The second kappa shape index (κ2) is 12.3. The van der Waals surface area contributed by atoms with Crippen LogP contribution in [0.15, 0.2) is 114 Å². The number of hydrogen-bond acceptors (Lipinski definition) is 5. The van der Waals surface area contributed by atoms with E-state index in [0.717, 1.165) is 26.6 Å². The molecule has 0 fully saturated rings. The molecule has 5 nitrogen and oxygen atoms in total. The average molecular weight is 570 g/mol. The van der Waals surface area contributed by atoms with Crippen LogP contribution in [-0.4, -0.2) is 16.8 Å². The first-order chi connectivity index (χ1) is 19.0. The quantitative estimate of drug-likeness (QED) is 0.184. The summed E-state index contributed by atoms with van der Waals surface area (Å²) in [6.07, 6.45) is 0. The SMILES string of the molecule is Cc1sc(NC(=O)C(Sc2cccc(NC(=O)c3cccc(Cl)c3)c2)c2ccccc2)nc1-c1ccccc1. The van der Waals surface area contributed by atoms with Crippen molar-refractivity contribution in [2.75, 3.05) is 10.6 Å². The van der Waals surface area contributed by atoms with Crippen LogP contribution < -0.4 is 10.6 Å². The molecule has 1 atom stereocenters. The van der Waals surface area contributed by atoms with Crippen LogP contribution in [0.2, 0.25) is 5.02 Å². The van der Waals surface area contributed by atoms with Crippen molar-refractivity contribution >= 4 is 57.3 Å². The van der Waals surface area contributed by atoms with E-state index in [2.05, 4.69) is 10.6 Å². The van der Waals surface area contributed by atoms with Crippen molar-refractivity contribution in [3.8, 4) is 11.3 Å². The number of anilines is 2. The first-order valence-corrected chi connectivity index (χ1v) is 14.3. The smallest absolute Gasteiger partial charge is 0.255 e. The van der Waals surface area contributed by atoms with Gasteiger partial charge in [-0.2, -0.15) is 0 Å². The summed E-state index contributed by atoms with van der Waals surface area (Å²) in [5.41, 5.74) is 3.83. The lowest BCUT2D eigenvalue weighted by molar-refractivity contribution is -0.115. The Morgan fingerprint density at radius 3 is 2.31 bits per heavy atom. The molecular weight excluding hydrogens is 546 g/mol. The van der Waals surface area contributed by atoms with Gasteiger partial charge in [0.15, 0.2) is 5.13 Å². The summed E-state index contributed by atoms with van der Waals surface area (Å²) in [7, 11) is 0. The lowest BCUT2D eigenvalue weighted by atomic mass is 10.1. The molecule has 2 N–H and O–H groups in total. The molecule has 194 valence electrons. The van der Waals surface area contributed by atoms with E-state index in [-0.39, 0.29) is 11.8 Å². The topological polar surface area (TPSA) is 71.1 Å². The number of aryl methyl sites for hydroxylation is 1. The maximum Gasteiger partial charge on any atom is 0.255 e. The van der Waals surface area contributed by atoms with Gasteiger partial charge in [-0.25, -0.2) is 4.98 Å². The van der Waals surface area contributed by atoms with Crippen LogP contribution in [0, 0.1) is 6.92 Å². The molecule has 5 aromatic rings. The molecule has 0 bridgehead atoms. The van der Waals surface area contributed by atoms with Gasteiger partial charge in [-0.3, -0.25) is 9.59 Å². The standard InChI is InChI=1S/C31H24ClN3O2S2/c1-20-27(21-10-4-2-5-11-21)34-31(38-20)35-30(37)28(22-12-6-3-7-13-22)39-26-17-9-16-25(19-26)33-29(36)23-14-8-15-24(32)18-23/h2-19,28H,1H3,(H,33,36)(H,34,35,37). The predicted molar refractivity (Wildman–Crippen MR) is 162 cm³/mol. The molecule has 0 aliphatic carbocycles. The molecule has 0 saturated carbocycles. The fourth-order valence-electron chi connectivity index (χ4n) is 4.00. The third-order valence-electron chi connectivity index (χ3n) is 5.85. The Labute approximate surface area is 240 Å². The lowest BCUT2D eigenvalue weighted by Crippen LogP contribution is -2.19. The maximum absolute atomic E-state index is 13.6. The highest BCUT2D eigenvalue weighted by atomic mass is 35.5. The number of aromatic nitrogens is 1. The van der Waals surface area contributed by atoms with Crippen LogP contribution in [0.3, 0.4) is 0 Å². The Kier molecular flexibility index (Phi) is 8.42. The molecule has 0 saturated heterocycles. The monoisotopic (exact) mass is 569 g/mol. The minimum absolute atomic E-state index is 0.173. The third-order valence-corrected chi connectivity index (χ3v) is 8.22. The molecule has 4 aromatic carbocycles. The minimum Gasteiger partial charge on any atom is -0.322 e. The highest BCUT2D eigenvalue weighted by molar-refractivity contribution is 8.00. The number of thiazole rings is 1. The van der Waals surface area contributed by atoms with Crippen molar-refractivity contribution in [2.24, 2.45) is 0 Å². The Bertz CT molecular complexity index is 1610. The minimum atomic E-state index is -0.533. The number of nitrogens with one attached hydrogen (secondary N) is 2. The van der Waals surface area contributed by atoms with Gasteiger partial charge in [0, 0.05) is 31.6 Å². The van der Waals surface area contributed by atoms with E-state index in [1.54, 1.807) is 24.3 Å². The fourth-order valence-corrected chi connectivity index (χ4v) is 6.11. The van der Waals surface area contributed by atoms with Gasteiger partial charge in [0.05, 0.1) is 5.69 Å². The summed E-state index contributed by atoms with van der Waals surface area (Å²) in [5, 5.41) is 6.46. The molecule has 0 radical (unpaired) electrons. The zero-order chi connectivity index (χ0) is 27.2. The van der Waals surface area contributed by atoms with Crippen LogP contribution in [0.5, 0.6) is 0 Å². The first-order valence-electron chi connectivity index (χ1n) is 12.2. The number of nitrogens with zero attached hydrogens (tertiary/aromatic N) is 1. The van der Waals surface area contributed by atoms with E-state index in [1.807, 2.05) is 91.9 Å². The van der Waals surface area contributed by atoms with E-state index in [9.17, 15) is 9.59 Å². The number of benzene rings is 4. The molecule has 0 spiro atoms. The van der Waals surface area contributed by atoms with Crippen molar-refractivity contribution in [2.45, 2.75) is 17.1 Å². The van der Waals surface area contributed by atoms with Gasteiger partial charge in [-0.15, -0.1) is 23.1 Å². The van der Waals surface area contributed by atoms with Crippen LogP contribution in [0.1, 0.15) is 26.0 Å². The van der Waals surface area contributed by atoms with E-state index < -0.39 is 5.25 Å². The van der Waals surface area contributed by atoms with Crippen molar-refractivity contribution < 1.29 is 9.59 Å². The third kappa shape index (κ3) is 6.75. The van der Waals surface area contributed by atoms with Gasteiger partial charge in [-0.1, -0.05) is 84.4 Å². The first kappa shape index (κ1) is 26.7. The van der Waals surface area contributed by atoms with Gasteiger partial charge in [-0.05, 0) is 48.9 Å². The summed E-state index contributed by atoms with van der Waals surface area (Å²) < 4.78 is 0. The molecule has 0 aliphatic heterocycles. The van der Waals surface area contributed by atoms with Gasteiger partial charge in [0.2, 0.25) is 5.91 Å². The second-order valence-electron chi connectivity index (χ2n) is 8.68. The molecule has 0 aliphatic rings. The van der Waals surface area contributed by atoms with Crippen molar-refractivity contribution in [1.29, 1.82) is 0 Å². The fraction of sp³-hybridized carbons (Fsp3) is 0.0645. The normalized spacial score (nSPS) is 11.5. The van der Waals surface area contributed by atoms with Crippen molar-refractivity contribution in [3.05, 3.63) is 130 Å². The molecule has 1 unspecified atom stereocenters. The summed E-state index contributed by atoms with van der Waals surface area (Å²) >= 11 is 8.90. The van der Waals surface area contributed by atoms with Crippen LogP contribution in [0.25, 0.3) is 11.3 Å². The summed E-state index contributed by atoms with van der Waals surface area (Å²) in [6, 6.07) is 33.8. The lowest BCUT2D eigenvalue weighted by Gasteiger charge is -2.17. The maximum atomic E-state index is 13.6. The molecular formula is C31H24ClN3O2S2. The number of hydrogen-bond donors (Lipinski definition) is 2. The molecule has 39 heavy (non-hydrogen) atoms. The predicted octanol–water partition coefficient (Wildman–Crippen LogP) is 8.50. The molecule has 2 amide bonds. The number of halogens is 1. The average Bonchev–Trinajstić information content (AvgIpc) is 3.32. The summed E-state index contributed by atoms with van der Waals surface area (Å²) in [6.45, 7) is 2.00. The Morgan fingerprint density at radius 2 is 1.56 bits per heavy atom. The van der Waals surface area contributed by atoms with Gasteiger partial charge < -0.3 is 10.6 Å². The molecule has 1 heterocycles. The Hall–Kier alpha value is -3.91. The van der Waals surface area contributed by atoms with E-state index in [4.69, 9.17) is 16.6 Å². The molecule has 5 rings (SSSR count). The second-order valence-corrected chi connectivity index (χ2v) is 11.5. The zero-order valence-corrected chi connectivity index (χ0v) is 23.3. The van der Waals surface area contributed by atoms with Crippen LogP contribution >= 0.6 is 34.7 Å². The largest absolute Gasteiger partial charge is 0.322 e. The van der Waals surface area contributed by atoms with E-state index >= 15 is 0 Å². The molecule has 8 heteroatoms. The molecule has 1 aromatic heterocycles. The number of carbonyl (C=O) groups excluding carboxylic acids is 2. The van der Waals surface area contributed by atoms with Gasteiger partial charge >= 0.3 is 0 Å². The summed E-state index contributed by atoms with van der Waals surface area (Å²) in [4.78, 5) is 32.9. The Balaban J connectivity index is 1.36.